The van der Waals surface area contributed by atoms with Gasteiger partial charge in [0.25, 0.3) is 0 Å². The molecule has 2 aromatic heterocycles. The Labute approximate surface area is 273 Å². The largest absolute Gasteiger partial charge is 0.481 e. The van der Waals surface area contributed by atoms with Crippen molar-refractivity contribution in [2.75, 3.05) is 18.6 Å². The number of fused-ring (bicyclic) bond motifs is 3. The fourth-order valence-electron chi connectivity index (χ4n) is 8.40. The fraction of sp³-hybridized carbons (Fsp3) is 0.579. The molecule has 1 N–H and O–H groups in total. The third kappa shape index (κ3) is 6.45. The number of carbonyl (C=O) groups excluding carboxylic acids is 1. The van der Waals surface area contributed by atoms with Crippen molar-refractivity contribution >= 4 is 17.6 Å². The summed E-state index contributed by atoms with van der Waals surface area (Å²) in [5.41, 5.74) is 5.57. The van der Waals surface area contributed by atoms with Crippen molar-refractivity contribution in [3.8, 4) is 17.0 Å². The molecule has 0 radical (unpaired) electrons. The van der Waals surface area contributed by atoms with Crippen molar-refractivity contribution in [2.24, 2.45) is 17.3 Å². The maximum atomic E-state index is 14.5. The second-order valence-corrected chi connectivity index (χ2v) is 15.5. The zero-order valence-corrected chi connectivity index (χ0v) is 28.2. The Morgan fingerprint density at radius 3 is 2.28 bits per heavy atom. The number of rotatable bonds is 9. The van der Waals surface area contributed by atoms with Crippen molar-refractivity contribution in [2.45, 2.75) is 109 Å². The number of nitrogens with zero attached hydrogens (tertiary/aromatic N) is 4. The number of aliphatic carboxylic acids is 1. The summed E-state index contributed by atoms with van der Waals surface area (Å²) in [6, 6.07) is 10.7. The first-order valence-electron chi connectivity index (χ1n) is 17.1. The number of anilines is 1. The summed E-state index contributed by atoms with van der Waals surface area (Å²) in [6.07, 6.45) is 15.9. The summed E-state index contributed by atoms with van der Waals surface area (Å²) in [6.45, 7) is 9.21. The van der Waals surface area contributed by atoms with Gasteiger partial charge in [-0.3, -0.25) is 14.3 Å². The number of carboxylic acids is 1. The van der Waals surface area contributed by atoms with Crippen LogP contribution in [0.25, 0.3) is 11.1 Å². The van der Waals surface area contributed by atoms with Gasteiger partial charge in [-0.2, -0.15) is 5.10 Å². The number of pyridine rings is 1. The molecule has 4 saturated carbocycles. The first-order chi connectivity index (χ1) is 21.9. The van der Waals surface area contributed by atoms with E-state index in [9.17, 15) is 14.7 Å². The maximum Gasteiger partial charge on any atom is 0.303 e. The zero-order valence-electron chi connectivity index (χ0n) is 28.2. The molecule has 246 valence electrons. The number of aromatic nitrogens is 3. The van der Waals surface area contributed by atoms with Crippen LogP contribution in [0, 0.1) is 24.2 Å². The van der Waals surface area contributed by atoms with Gasteiger partial charge in [0.15, 0.2) is 0 Å². The molecule has 8 nitrogen and oxygen atoms in total. The number of carboxylic acid groups (broad SMARTS) is 1. The highest BCUT2D eigenvalue weighted by Crippen LogP contribution is 2.58. The van der Waals surface area contributed by atoms with Crippen LogP contribution in [0.1, 0.15) is 103 Å². The topological polar surface area (TPSA) is 97.5 Å². The summed E-state index contributed by atoms with van der Waals surface area (Å²) < 4.78 is 7.42. The van der Waals surface area contributed by atoms with Gasteiger partial charge in [0.05, 0.1) is 18.8 Å². The zero-order chi connectivity index (χ0) is 32.7. The Balaban J connectivity index is 1.26. The molecule has 3 aromatic rings. The molecule has 7 rings (SSSR count). The molecule has 8 heteroatoms. The lowest BCUT2D eigenvalue weighted by Crippen LogP contribution is -2.51. The Morgan fingerprint density at radius 2 is 1.70 bits per heavy atom. The number of amides is 1. The predicted molar refractivity (Wildman–Crippen MR) is 180 cm³/mol. The molecule has 1 aromatic carbocycles. The number of benzene rings is 1. The Hall–Kier alpha value is -3.68. The number of hydrogen-bond donors (Lipinski definition) is 1. The van der Waals surface area contributed by atoms with Gasteiger partial charge in [-0.15, -0.1) is 0 Å². The number of aryl methyl sites for hydroxylation is 1. The smallest absolute Gasteiger partial charge is 0.303 e. The van der Waals surface area contributed by atoms with E-state index in [0.29, 0.717) is 5.88 Å². The number of carbonyl (C=O) groups is 2. The van der Waals surface area contributed by atoms with E-state index in [1.807, 2.05) is 17.1 Å². The van der Waals surface area contributed by atoms with Gasteiger partial charge in [0.2, 0.25) is 11.8 Å². The molecule has 4 fully saturated rings. The monoisotopic (exact) mass is 626 g/mol. The molecule has 4 aliphatic rings. The van der Waals surface area contributed by atoms with E-state index >= 15 is 0 Å². The SMILES string of the molecule is COc1ncc(C23CCC(CN(c4cccc(-c5cnn(C(C)(C)C)c5)c4)C(=O)[C@H]4CC[C@H](CC(=O)O)CC4)(CC2)CC3)cc1C. The Morgan fingerprint density at radius 1 is 1.00 bits per heavy atom. The lowest BCUT2D eigenvalue weighted by molar-refractivity contribution is -0.138. The minimum Gasteiger partial charge on any atom is -0.481 e. The van der Waals surface area contributed by atoms with Crippen molar-refractivity contribution in [1.82, 2.24) is 14.8 Å². The summed E-state index contributed by atoms with van der Waals surface area (Å²) in [7, 11) is 1.67. The van der Waals surface area contributed by atoms with Crippen LogP contribution in [-0.2, 0) is 20.5 Å². The van der Waals surface area contributed by atoms with Crippen LogP contribution in [0.3, 0.4) is 0 Å². The molecule has 4 aliphatic carbocycles. The van der Waals surface area contributed by atoms with Gasteiger partial charge in [0, 0.05) is 48.1 Å². The highest BCUT2D eigenvalue weighted by atomic mass is 16.5. The van der Waals surface area contributed by atoms with Crippen LogP contribution in [0.4, 0.5) is 5.69 Å². The second kappa shape index (κ2) is 12.5. The third-order valence-corrected chi connectivity index (χ3v) is 11.4. The fourth-order valence-corrected chi connectivity index (χ4v) is 8.40. The van der Waals surface area contributed by atoms with Crippen LogP contribution in [0.2, 0.25) is 0 Å². The highest BCUT2D eigenvalue weighted by molar-refractivity contribution is 5.96. The van der Waals surface area contributed by atoms with Gasteiger partial charge in [-0.05, 0) is 138 Å². The molecule has 0 unspecified atom stereocenters. The van der Waals surface area contributed by atoms with Crippen LogP contribution in [0.15, 0.2) is 48.9 Å². The predicted octanol–water partition coefficient (Wildman–Crippen LogP) is 7.92. The van der Waals surface area contributed by atoms with Crippen LogP contribution in [-0.4, -0.2) is 45.4 Å². The third-order valence-electron chi connectivity index (χ3n) is 11.4. The van der Waals surface area contributed by atoms with Crippen LogP contribution >= 0.6 is 0 Å². The molecule has 0 atom stereocenters. The number of hydrogen-bond acceptors (Lipinski definition) is 5. The first-order valence-corrected chi connectivity index (χ1v) is 17.1. The standard InChI is InChI=1S/C38H50N4O4/c1-26-19-31(23-39-34(26)46-5)38-16-13-37(14-17-38,15-18-38)25-41(35(45)28-11-9-27(10-12-28)20-33(43)44)32-8-6-7-29(21-32)30-22-40-42(24-30)36(2,3)4/h6-8,19,21-24,27-28H,9-18,20,25H2,1-5H3,(H,43,44)/t27-,28-,37?,38?. The van der Waals surface area contributed by atoms with Crippen LogP contribution < -0.4 is 9.64 Å². The average molecular weight is 627 g/mol. The molecule has 0 aliphatic heterocycles. The minimum atomic E-state index is -0.742. The van der Waals surface area contributed by atoms with E-state index in [1.54, 1.807) is 7.11 Å². The highest BCUT2D eigenvalue weighted by Gasteiger charge is 2.51. The summed E-state index contributed by atoms with van der Waals surface area (Å²) in [5.74, 6) is 0.238. The van der Waals surface area contributed by atoms with Gasteiger partial charge in [-0.1, -0.05) is 12.1 Å². The summed E-state index contributed by atoms with van der Waals surface area (Å²) >= 11 is 0. The number of methoxy groups -OCH3 is 1. The second-order valence-electron chi connectivity index (χ2n) is 15.5. The molecule has 46 heavy (non-hydrogen) atoms. The van der Waals surface area contributed by atoms with Gasteiger partial charge < -0.3 is 14.7 Å². The Bertz CT molecular complexity index is 1550. The van der Waals surface area contributed by atoms with E-state index < -0.39 is 5.97 Å². The number of ether oxygens (including phenoxy) is 1. The van der Waals surface area contributed by atoms with Crippen molar-refractivity contribution in [1.29, 1.82) is 0 Å². The molecule has 1 amide bonds. The average Bonchev–Trinajstić information content (AvgIpc) is 3.56. The van der Waals surface area contributed by atoms with E-state index in [2.05, 4.69) is 79.2 Å². The maximum absolute atomic E-state index is 14.5. The molecular formula is C38H50N4O4. The van der Waals surface area contributed by atoms with Crippen molar-refractivity contribution in [3.05, 3.63) is 60.0 Å². The quantitative estimate of drug-likeness (QED) is 0.259. The van der Waals surface area contributed by atoms with E-state index in [4.69, 9.17) is 4.74 Å². The lowest BCUT2D eigenvalue weighted by Gasteiger charge is -2.55. The van der Waals surface area contributed by atoms with Gasteiger partial charge >= 0.3 is 5.97 Å². The molecule has 2 heterocycles. The molecule has 0 spiro atoms. The Kier molecular flexibility index (Phi) is 8.77. The van der Waals surface area contributed by atoms with E-state index in [0.717, 1.165) is 93.1 Å². The van der Waals surface area contributed by atoms with Crippen molar-refractivity contribution in [3.63, 3.8) is 0 Å². The summed E-state index contributed by atoms with van der Waals surface area (Å²) in [5, 5.41) is 14.0. The molecular weight excluding hydrogens is 576 g/mol. The van der Waals surface area contributed by atoms with E-state index in [1.165, 1.54) is 5.56 Å². The lowest BCUT2D eigenvalue weighted by atomic mass is 9.52. The minimum absolute atomic E-state index is 0.0756. The summed E-state index contributed by atoms with van der Waals surface area (Å²) in [4.78, 5) is 32.6. The van der Waals surface area contributed by atoms with Gasteiger partial charge in [0.1, 0.15) is 0 Å². The molecule has 0 saturated heterocycles. The van der Waals surface area contributed by atoms with E-state index in [-0.39, 0.29) is 40.5 Å². The van der Waals surface area contributed by atoms with Gasteiger partial charge in [-0.25, -0.2) is 4.98 Å². The van der Waals surface area contributed by atoms with Crippen LogP contribution in [0.5, 0.6) is 5.88 Å². The first kappa shape index (κ1) is 32.3. The normalized spacial score (nSPS) is 26.1. The molecule has 2 bridgehead atoms. The van der Waals surface area contributed by atoms with Crippen molar-refractivity contribution < 1.29 is 19.4 Å².